The largest absolute Gasteiger partial charge is 0.479 e. The smallest absolute Gasteiger partial charge is 0.268 e. The minimum Gasteiger partial charge on any atom is -0.479 e. The van der Waals surface area contributed by atoms with E-state index in [2.05, 4.69) is 5.32 Å². The van der Waals surface area contributed by atoms with Crippen molar-refractivity contribution in [2.24, 2.45) is 0 Å². The fourth-order valence-electron chi connectivity index (χ4n) is 3.01. The lowest BCUT2D eigenvalue weighted by atomic mass is 10.2. The van der Waals surface area contributed by atoms with Crippen molar-refractivity contribution in [3.8, 4) is 5.75 Å². The van der Waals surface area contributed by atoms with Crippen LogP contribution in [0.3, 0.4) is 0 Å². The number of rotatable bonds is 3. The zero-order valence-electron chi connectivity index (χ0n) is 12.2. The molecule has 0 radical (unpaired) electrons. The second-order valence-corrected chi connectivity index (χ2v) is 5.70. The quantitative estimate of drug-likeness (QED) is 0.923. The lowest BCUT2D eigenvalue weighted by Gasteiger charge is -2.32. The van der Waals surface area contributed by atoms with Crippen LogP contribution in [-0.4, -0.2) is 30.5 Å². The Bertz CT molecular complexity index is 552. The highest BCUT2D eigenvalue weighted by Crippen LogP contribution is 2.33. The molecule has 0 spiro atoms. The van der Waals surface area contributed by atoms with E-state index in [-0.39, 0.29) is 24.4 Å². The van der Waals surface area contributed by atoms with Gasteiger partial charge in [0.1, 0.15) is 12.3 Å². The summed E-state index contributed by atoms with van der Waals surface area (Å²) in [5.41, 5.74) is 0.669. The average molecular weight is 288 g/mol. The fraction of sp³-hybridized carbons (Fsp3) is 0.500. The Kier molecular flexibility index (Phi) is 3.82. The van der Waals surface area contributed by atoms with Gasteiger partial charge in [-0.3, -0.25) is 14.5 Å². The summed E-state index contributed by atoms with van der Waals surface area (Å²) in [5.74, 6) is 0.382. The van der Waals surface area contributed by atoms with E-state index in [0.29, 0.717) is 11.4 Å². The molecule has 0 aromatic heterocycles. The number of anilines is 1. The normalized spacial score (nSPS) is 21.9. The molecule has 1 saturated carbocycles. The Balaban J connectivity index is 1.73. The molecule has 1 N–H and O–H groups in total. The van der Waals surface area contributed by atoms with Crippen molar-refractivity contribution in [1.82, 2.24) is 5.32 Å². The molecule has 2 amide bonds. The molecule has 1 aromatic rings. The zero-order chi connectivity index (χ0) is 14.8. The molecule has 1 fully saturated rings. The highest BCUT2D eigenvalue weighted by atomic mass is 16.5. The number of amides is 2. The average Bonchev–Trinajstić information content (AvgIpc) is 2.96. The first kappa shape index (κ1) is 13.9. The van der Waals surface area contributed by atoms with Crippen LogP contribution in [-0.2, 0) is 9.59 Å². The van der Waals surface area contributed by atoms with Gasteiger partial charge in [0.25, 0.3) is 5.91 Å². The van der Waals surface area contributed by atoms with E-state index in [1.54, 1.807) is 6.92 Å². The lowest BCUT2D eigenvalue weighted by molar-refractivity contribution is -0.128. The molecular formula is C16H20N2O3. The summed E-state index contributed by atoms with van der Waals surface area (Å²) in [4.78, 5) is 26.0. The molecule has 1 atom stereocenters. The van der Waals surface area contributed by atoms with Crippen LogP contribution < -0.4 is 15.0 Å². The Labute approximate surface area is 124 Å². The molecule has 5 nitrogen and oxygen atoms in total. The number of nitrogens with one attached hydrogen (secondary N) is 1. The van der Waals surface area contributed by atoms with Crippen molar-refractivity contribution < 1.29 is 14.3 Å². The minimum atomic E-state index is -0.556. The van der Waals surface area contributed by atoms with Gasteiger partial charge in [-0.25, -0.2) is 0 Å². The molecule has 1 aromatic carbocycles. The van der Waals surface area contributed by atoms with Gasteiger partial charge in [-0.05, 0) is 31.9 Å². The number of para-hydroxylation sites is 2. The van der Waals surface area contributed by atoms with Gasteiger partial charge < -0.3 is 10.1 Å². The van der Waals surface area contributed by atoms with Crippen molar-refractivity contribution in [2.45, 2.75) is 44.8 Å². The first-order valence-corrected chi connectivity index (χ1v) is 7.51. The third-order valence-corrected chi connectivity index (χ3v) is 4.10. The SMILES string of the molecule is C[C@@H]1Oc2ccccc2N(CC(=O)NC2CCCC2)C1=O. The van der Waals surface area contributed by atoms with Gasteiger partial charge in [-0.2, -0.15) is 0 Å². The maximum absolute atomic E-state index is 12.3. The van der Waals surface area contributed by atoms with Crippen LogP contribution in [0.5, 0.6) is 5.75 Å². The Morgan fingerprint density at radius 1 is 1.33 bits per heavy atom. The van der Waals surface area contributed by atoms with Gasteiger partial charge in [0.2, 0.25) is 5.91 Å². The van der Waals surface area contributed by atoms with Gasteiger partial charge in [0.05, 0.1) is 5.69 Å². The Hall–Kier alpha value is -2.04. The summed E-state index contributed by atoms with van der Waals surface area (Å²) < 4.78 is 5.57. The molecule has 5 heteroatoms. The van der Waals surface area contributed by atoms with Crippen LogP contribution in [0.4, 0.5) is 5.69 Å². The summed E-state index contributed by atoms with van der Waals surface area (Å²) in [6.45, 7) is 1.76. The summed E-state index contributed by atoms with van der Waals surface area (Å²) in [7, 11) is 0. The van der Waals surface area contributed by atoms with Crippen LogP contribution in [0, 0.1) is 0 Å². The number of hydrogen-bond acceptors (Lipinski definition) is 3. The van der Waals surface area contributed by atoms with Crippen LogP contribution >= 0.6 is 0 Å². The van der Waals surface area contributed by atoms with E-state index >= 15 is 0 Å². The van der Waals surface area contributed by atoms with Gasteiger partial charge >= 0.3 is 0 Å². The number of carbonyl (C=O) groups excluding carboxylic acids is 2. The third kappa shape index (κ3) is 2.86. The van der Waals surface area contributed by atoms with Crippen molar-refractivity contribution >= 4 is 17.5 Å². The fourth-order valence-corrected chi connectivity index (χ4v) is 3.01. The topological polar surface area (TPSA) is 58.6 Å². The van der Waals surface area contributed by atoms with E-state index < -0.39 is 6.10 Å². The molecule has 112 valence electrons. The highest BCUT2D eigenvalue weighted by molar-refractivity contribution is 6.03. The molecule has 0 bridgehead atoms. The summed E-state index contributed by atoms with van der Waals surface area (Å²) in [6.07, 6.45) is 3.85. The first-order chi connectivity index (χ1) is 10.1. The van der Waals surface area contributed by atoms with Crippen LogP contribution in [0.15, 0.2) is 24.3 Å². The molecule has 21 heavy (non-hydrogen) atoms. The van der Waals surface area contributed by atoms with E-state index in [1.807, 2.05) is 24.3 Å². The van der Waals surface area contributed by atoms with Gasteiger partial charge in [0, 0.05) is 6.04 Å². The number of fused-ring (bicyclic) bond motifs is 1. The predicted molar refractivity (Wildman–Crippen MR) is 79.3 cm³/mol. The summed E-state index contributed by atoms with van der Waals surface area (Å²) in [6, 6.07) is 7.59. The molecular weight excluding hydrogens is 268 g/mol. The predicted octanol–water partition coefficient (Wildman–Crippen LogP) is 1.86. The van der Waals surface area contributed by atoms with E-state index in [4.69, 9.17) is 4.74 Å². The highest BCUT2D eigenvalue weighted by Gasteiger charge is 2.32. The zero-order valence-corrected chi connectivity index (χ0v) is 12.2. The van der Waals surface area contributed by atoms with Crippen molar-refractivity contribution in [3.63, 3.8) is 0 Å². The number of nitrogens with zero attached hydrogens (tertiary/aromatic N) is 1. The van der Waals surface area contributed by atoms with Gasteiger partial charge in [-0.15, -0.1) is 0 Å². The van der Waals surface area contributed by atoms with E-state index in [9.17, 15) is 9.59 Å². The minimum absolute atomic E-state index is 0.0556. The number of ether oxygens (including phenoxy) is 1. The molecule has 1 heterocycles. The monoisotopic (exact) mass is 288 g/mol. The van der Waals surface area contributed by atoms with Crippen molar-refractivity contribution in [2.75, 3.05) is 11.4 Å². The number of carbonyl (C=O) groups is 2. The summed E-state index contributed by atoms with van der Waals surface area (Å²) >= 11 is 0. The van der Waals surface area contributed by atoms with E-state index in [0.717, 1.165) is 12.8 Å². The molecule has 2 aliphatic rings. The van der Waals surface area contributed by atoms with Crippen LogP contribution in [0.1, 0.15) is 32.6 Å². The lowest BCUT2D eigenvalue weighted by Crippen LogP contribution is -2.49. The van der Waals surface area contributed by atoms with Gasteiger partial charge in [0.15, 0.2) is 6.10 Å². The molecule has 1 aliphatic carbocycles. The third-order valence-electron chi connectivity index (χ3n) is 4.10. The second-order valence-electron chi connectivity index (χ2n) is 5.70. The molecule has 3 rings (SSSR count). The first-order valence-electron chi connectivity index (χ1n) is 7.51. The van der Waals surface area contributed by atoms with Crippen LogP contribution in [0.25, 0.3) is 0 Å². The van der Waals surface area contributed by atoms with Crippen LogP contribution in [0.2, 0.25) is 0 Å². The second kappa shape index (κ2) is 5.76. The van der Waals surface area contributed by atoms with Crippen molar-refractivity contribution in [3.05, 3.63) is 24.3 Å². The molecule has 0 saturated heterocycles. The maximum Gasteiger partial charge on any atom is 0.268 e. The number of benzene rings is 1. The van der Waals surface area contributed by atoms with E-state index in [1.165, 1.54) is 17.7 Å². The van der Waals surface area contributed by atoms with Crippen molar-refractivity contribution in [1.29, 1.82) is 0 Å². The molecule has 1 aliphatic heterocycles. The Morgan fingerprint density at radius 3 is 2.81 bits per heavy atom. The number of hydrogen-bond donors (Lipinski definition) is 1. The maximum atomic E-state index is 12.3. The Morgan fingerprint density at radius 2 is 2.05 bits per heavy atom. The molecule has 0 unspecified atom stereocenters. The van der Waals surface area contributed by atoms with Gasteiger partial charge in [-0.1, -0.05) is 25.0 Å². The standard InChI is InChI=1S/C16H20N2O3/c1-11-16(20)18(13-8-4-5-9-14(13)21-11)10-15(19)17-12-6-2-3-7-12/h4-5,8-9,11-12H,2-3,6-7,10H2,1H3,(H,17,19)/t11-/m0/s1. The summed E-state index contributed by atoms with van der Waals surface area (Å²) in [5, 5.41) is 3.02.